The van der Waals surface area contributed by atoms with E-state index in [0.29, 0.717) is 12.1 Å². The van der Waals surface area contributed by atoms with Gasteiger partial charge < -0.3 is 9.84 Å². The van der Waals surface area contributed by atoms with Gasteiger partial charge in [-0.05, 0) is 33.7 Å². The SMILES string of the molecule is CNC1CCN(Cc2cc(C)on2)C(C)C1. The van der Waals surface area contributed by atoms with Gasteiger partial charge in [0, 0.05) is 31.2 Å². The van der Waals surface area contributed by atoms with Gasteiger partial charge in [-0.15, -0.1) is 0 Å². The Hall–Kier alpha value is -0.870. The molecule has 1 N–H and O–H groups in total. The Morgan fingerprint density at radius 2 is 2.44 bits per heavy atom. The second kappa shape index (κ2) is 4.97. The van der Waals surface area contributed by atoms with Crippen LogP contribution in [0.4, 0.5) is 0 Å². The molecule has 1 aliphatic rings. The second-order valence-electron chi connectivity index (χ2n) is 4.76. The summed E-state index contributed by atoms with van der Waals surface area (Å²) in [5, 5.41) is 7.41. The third kappa shape index (κ3) is 2.62. The number of nitrogens with one attached hydrogen (secondary N) is 1. The smallest absolute Gasteiger partial charge is 0.133 e. The first-order valence-electron chi connectivity index (χ1n) is 6.02. The Morgan fingerprint density at radius 1 is 1.62 bits per heavy atom. The molecule has 2 atom stereocenters. The lowest BCUT2D eigenvalue weighted by molar-refractivity contribution is 0.128. The zero-order chi connectivity index (χ0) is 11.5. The zero-order valence-electron chi connectivity index (χ0n) is 10.4. The van der Waals surface area contributed by atoms with E-state index in [1.165, 1.54) is 12.8 Å². The first kappa shape index (κ1) is 11.6. The molecule has 0 amide bonds. The van der Waals surface area contributed by atoms with Crippen molar-refractivity contribution in [3.63, 3.8) is 0 Å². The van der Waals surface area contributed by atoms with E-state index < -0.39 is 0 Å². The van der Waals surface area contributed by atoms with Crippen LogP contribution in [-0.2, 0) is 6.54 Å². The van der Waals surface area contributed by atoms with Crippen molar-refractivity contribution in [3.8, 4) is 0 Å². The van der Waals surface area contributed by atoms with Gasteiger partial charge in [0.25, 0.3) is 0 Å². The lowest BCUT2D eigenvalue weighted by atomic mass is 9.98. The minimum absolute atomic E-state index is 0.614. The number of hydrogen-bond donors (Lipinski definition) is 1. The summed E-state index contributed by atoms with van der Waals surface area (Å²) in [5.41, 5.74) is 1.05. The molecule has 2 unspecified atom stereocenters. The largest absolute Gasteiger partial charge is 0.361 e. The van der Waals surface area contributed by atoms with Gasteiger partial charge in [-0.25, -0.2) is 0 Å². The van der Waals surface area contributed by atoms with Gasteiger partial charge in [-0.2, -0.15) is 0 Å². The van der Waals surface area contributed by atoms with Crippen LogP contribution in [0.15, 0.2) is 10.6 Å². The molecule has 4 heteroatoms. The summed E-state index contributed by atoms with van der Waals surface area (Å²) in [6.07, 6.45) is 2.44. The molecule has 1 aliphatic heterocycles. The van der Waals surface area contributed by atoms with Gasteiger partial charge in [0.15, 0.2) is 0 Å². The molecule has 1 saturated heterocycles. The van der Waals surface area contributed by atoms with Gasteiger partial charge >= 0.3 is 0 Å². The maximum absolute atomic E-state index is 5.09. The molecule has 1 fully saturated rings. The van der Waals surface area contributed by atoms with Gasteiger partial charge in [0.2, 0.25) is 0 Å². The molecular formula is C12H21N3O. The highest BCUT2D eigenvalue weighted by atomic mass is 16.5. The third-order valence-electron chi connectivity index (χ3n) is 3.46. The molecule has 1 aromatic heterocycles. The molecule has 1 aromatic rings. The van der Waals surface area contributed by atoms with E-state index in [-0.39, 0.29) is 0 Å². The molecule has 2 heterocycles. The summed E-state index contributed by atoms with van der Waals surface area (Å²) in [6.45, 7) is 6.27. The summed E-state index contributed by atoms with van der Waals surface area (Å²) in [4.78, 5) is 2.48. The van der Waals surface area contributed by atoms with Crippen LogP contribution in [-0.4, -0.2) is 35.7 Å². The standard InChI is InChI=1S/C12H21N3O/c1-9-6-11(13-3)4-5-15(9)8-12-7-10(2)16-14-12/h7,9,11,13H,4-6,8H2,1-3H3. The Morgan fingerprint density at radius 3 is 3.00 bits per heavy atom. The van der Waals surface area contributed by atoms with E-state index in [9.17, 15) is 0 Å². The predicted molar refractivity (Wildman–Crippen MR) is 63.2 cm³/mol. The van der Waals surface area contributed by atoms with Crippen LogP contribution in [0.3, 0.4) is 0 Å². The molecule has 0 radical (unpaired) electrons. The van der Waals surface area contributed by atoms with Gasteiger partial charge in [-0.1, -0.05) is 5.16 Å². The van der Waals surface area contributed by atoms with Crippen LogP contribution in [0.5, 0.6) is 0 Å². The minimum atomic E-state index is 0.614. The average molecular weight is 223 g/mol. The van der Waals surface area contributed by atoms with Crippen molar-refractivity contribution in [2.45, 2.75) is 45.3 Å². The van der Waals surface area contributed by atoms with Gasteiger partial charge in [-0.3, -0.25) is 4.90 Å². The molecule has 4 nitrogen and oxygen atoms in total. The molecule has 0 aliphatic carbocycles. The van der Waals surface area contributed by atoms with Crippen molar-refractivity contribution in [2.75, 3.05) is 13.6 Å². The maximum atomic E-state index is 5.09. The molecule has 0 bridgehead atoms. The molecule has 0 spiro atoms. The summed E-state index contributed by atoms with van der Waals surface area (Å²) in [7, 11) is 2.05. The Labute approximate surface area is 97.0 Å². The van der Waals surface area contributed by atoms with Gasteiger partial charge in [0.1, 0.15) is 5.76 Å². The number of aryl methyl sites for hydroxylation is 1. The number of piperidine rings is 1. The number of aromatic nitrogens is 1. The summed E-state index contributed by atoms with van der Waals surface area (Å²) in [6, 6.07) is 3.31. The van der Waals surface area contributed by atoms with E-state index in [1.54, 1.807) is 0 Å². The van der Waals surface area contributed by atoms with E-state index in [4.69, 9.17) is 4.52 Å². The summed E-state index contributed by atoms with van der Waals surface area (Å²) < 4.78 is 5.09. The van der Waals surface area contributed by atoms with Crippen LogP contribution in [0.1, 0.15) is 31.2 Å². The first-order chi connectivity index (χ1) is 7.69. The summed E-state index contributed by atoms with van der Waals surface area (Å²) in [5.74, 6) is 0.896. The number of hydrogen-bond acceptors (Lipinski definition) is 4. The van der Waals surface area contributed by atoms with Crippen LogP contribution in [0.25, 0.3) is 0 Å². The van der Waals surface area contributed by atoms with Crippen molar-refractivity contribution < 1.29 is 4.52 Å². The van der Waals surface area contributed by atoms with Crippen LogP contribution >= 0.6 is 0 Å². The fourth-order valence-corrected chi connectivity index (χ4v) is 2.42. The molecule has 90 valence electrons. The van der Waals surface area contributed by atoms with Crippen molar-refractivity contribution in [3.05, 3.63) is 17.5 Å². The monoisotopic (exact) mass is 223 g/mol. The lowest BCUT2D eigenvalue weighted by Gasteiger charge is -2.37. The maximum Gasteiger partial charge on any atom is 0.133 e. The number of rotatable bonds is 3. The highest BCUT2D eigenvalue weighted by molar-refractivity contribution is 5.04. The third-order valence-corrected chi connectivity index (χ3v) is 3.46. The fourth-order valence-electron chi connectivity index (χ4n) is 2.42. The molecule has 2 rings (SSSR count). The minimum Gasteiger partial charge on any atom is -0.361 e. The Balaban J connectivity index is 1.91. The van der Waals surface area contributed by atoms with Crippen LogP contribution < -0.4 is 5.32 Å². The van der Waals surface area contributed by atoms with Crippen molar-refractivity contribution >= 4 is 0 Å². The average Bonchev–Trinajstić information content (AvgIpc) is 2.67. The van der Waals surface area contributed by atoms with E-state index in [0.717, 1.165) is 24.5 Å². The lowest BCUT2D eigenvalue weighted by Crippen LogP contribution is -2.46. The predicted octanol–water partition coefficient (Wildman–Crippen LogP) is 1.56. The second-order valence-corrected chi connectivity index (χ2v) is 4.76. The van der Waals surface area contributed by atoms with E-state index >= 15 is 0 Å². The molecule has 16 heavy (non-hydrogen) atoms. The van der Waals surface area contributed by atoms with Crippen LogP contribution in [0, 0.1) is 6.92 Å². The molecule has 0 saturated carbocycles. The fraction of sp³-hybridized carbons (Fsp3) is 0.750. The van der Waals surface area contributed by atoms with Gasteiger partial charge in [0.05, 0.1) is 5.69 Å². The number of likely N-dealkylation sites (tertiary alicyclic amines) is 1. The van der Waals surface area contributed by atoms with Crippen molar-refractivity contribution in [1.82, 2.24) is 15.4 Å². The van der Waals surface area contributed by atoms with Crippen molar-refractivity contribution in [1.29, 1.82) is 0 Å². The molecular weight excluding hydrogens is 202 g/mol. The van der Waals surface area contributed by atoms with Crippen LogP contribution in [0.2, 0.25) is 0 Å². The Bertz CT molecular complexity index is 337. The normalized spacial score (nSPS) is 27.2. The zero-order valence-corrected chi connectivity index (χ0v) is 10.4. The first-order valence-corrected chi connectivity index (χ1v) is 6.02. The Kier molecular flexibility index (Phi) is 3.61. The van der Waals surface area contributed by atoms with Crippen molar-refractivity contribution in [2.24, 2.45) is 0 Å². The van der Waals surface area contributed by atoms with E-state index in [2.05, 4.69) is 22.3 Å². The summed E-state index contributed by atoms with van der Waals surface area (Å²) >= 11 is 0. The highest BCUT2D eigenvalue weighted by Crippen LogP contribution is 2.19. The van der Waals surface area contributed by atoms with E-state index in [1.807, 2.05) is 20.0 Å². The quantitative estimate of drug-likeness (QED) is 0.844. The number of nitrogens with zero attached hydrogens (tertiary/aromatic N) is 2. The topological polar surface area (TPSA) is 41.3 Å². The molecule has 0 aromatic carbocycles. The highest BCUT2D eigenvalue weighted by Gasteiger charge is 2.24.